The van der Waals surface area contributed by atoms with Crippen LogP contribution in [-0.4, -0.2) is 56.1 Å². The van der Waals surface area contributed by atoms with Gasteiger partial charge in [0.15, 0.2) is 17.4 Å². The van der Waals surface area contributed by atoms with Gasteiger partial charge in [-0.1, -0.05) is 6.92 Å². The smallest absolute Gasteiger partial charge is 0.341 e. The van der Waals surface area contributed by atoms with Gasteiger partial charge in [-0.25, -0.2) is 32.6 Å². The molecule has 2 amide bonds. The summed E-state index contributed by atoms with van der Waals surface area (Å²) in [7, 11) is 0. The molecule has 0 aliphatic carbocycles. The molecule has 1 aromatic carbocycles. The van der Waals surface area contributed by atoms with E-state index in [1.54, 1.807) is 6.92 Å². The van der Waals surface area contributed by atoms with Gasteiger partial charge in [0.2, 0.25) is 0 Å². The summed E-state index contributed by atoms with van der Waals surface area (Å²) in [6, 6.07) is 5.60. The lowest BCUT2D eigenvalue weighted by Crippen LogP contribution is -2.58. The number of aryl methyl sites for hydroxylation is 1. The van der Waals surface area contributed by atoms with Crippen molar-refractivity contribution < 1.29 is 22.7 Å². The molecule has 0 radical (unpaired) electrons. The van der Waals surface area contributed by atoms with E-state index in [1.165, 1.54) is 39.0 Å². The second-order valence-electron chi connectivity index (χ2n) is 8.78. The zero-order valence-electron chi connectivity index (χ0n) is 20.0. The summed E-state index contributed by atoms with van der Waals surface area (Å²) in [6.07, 6.45) is 2.94. The first kappa shape index (κ1) is 24.3. The fraction of sp³-hybridized carbons (Fsp3) is 0.320. The number of ether oxygens (including phenoxy) is 1. The van der Waals surface area contributed by atoms with Crippen molar-refractivity contribution in [3.63, 3.8) is 0 Å². The van der Waals surface area contributed by atoms with Gasteiger partial charge >= 0.3 is 6.03 Å². The Bertz CT molecular complexity index is 1420. The van der Waals surface area contributed by atoms with E-state index in [1.807, 2.05) is 6.92 Å². The maximum absolute atomic E-state index is 14.5. The average Bonchev–Trinajstić information content (AvgIpc) is 3.45. The Hall–Kier alpha value is -4.40. The van der Waals surface area contributed by atoms with Crippen LogP contribution in [0.5, 0.6) is 5.75 Å². The van der Waals surface area contributed by atoms with E-state index >= 15 is 0 Å². The highest BCUT2D eigenvalue weighted by Gasteiger charge is 2.39. The highest BCUT2D eigenvalue weighted by atomic mass is 19.1. The molecule has 2 aliphatic rings. The fourth-order valence-electron chi connectivity index (χ4n) is 4.43. The van der Waals surface area contributed by atoms with E-state index < -0.39 is 35.6 Å². The van der Waals surface area contributed by atoms with Gasteiger partial charge in [0.05, 0.1) is 42.3 Å². The van der Waals surface area contributed by atoms with Crippen LogP contribution in [0.4, 0.5) is 18.0 Å². The van der Waals surface area contributed by atoms with E-state index in [4.69, 9.17) is 4.74 Å². The Labute approximate surface area is 210 Å². The van der Waals surface area contributed by atoms with Crippen molar-refractivity contribution in [3.8, 4) is 17.6 Å². The predicted octanol–water partition coefficient (Wildman–Crippen LogP) is 4.04. The fourth-order valence-corrected chi connectivity index (χ4v) is 4.43. The van der Waals surface area contributed by atoms with E-state index in [9.17, 15) is 23.2 Å². The number of carbonyl (C=O) groups is 1. The van der Waals surface area contributed by atoms with Crippen molar-refractivity contribution in [2.24, 2.45) is 5.10 Å². The molecule has 0 N–H and O–H groups in total. The van der Waals surface area contributed by atoms with Crippen LogP contribution < -0.4 is 4.74 Å². The molecule has 2 aromatic heterocycles. The Morgan fingerprint density at radius 2 is 1.92 bits per heavy atom. The molecule has 0 spiro atoms. The first-order chi connectivity index (χ1) is 17.8. The number of halogens is 3. The summed E-state index contributed by atoms with van der Waals surface area (Å²) < 4.78 is 49.1. The van der Waals surface area contributed by atoms with Crippen LogP contribution in [0.1, 0.15) is 41.9 Å². The molecule has 12 heteroatoms. The number of carbonyl (C=O) groups excluding carboxylic acids is 1. The Kier molecular flexibility index (Phi) is 6.29. The highest BCUT2D eigenvalue weighted by molar-refractivity contribution is 5.79. The van der Waals surface area contributed by atoms with E-state index in [2.05, 4.69) is 21.3 Å². The number of benzene rings is 1. The third kappa shape index (κ3) is 4.48. The van der Waals surface area contributed by atoms with Crippen LogP contribution in [0.3, 0.4) is 0 Å². The minimum atomic E-state index is -0.731. The lowest BCUT2D eigenvalue weighted by molar-refractivity contribution is 0.0256. The van der Waals surface area contributed by atoms with Crippen LogP contribution in [0.25, 0.3) is 5.82 Å². The van der Waals surface area contributed by atoms with E-state index in [0.717, 1.165) is 12.3 Å². The molecule has 2 aliphatic heterocycles. The van der Waals surface area contributed by atoms with Gasteiger partial charge in [-0.15, -0.1) is 0 Å². The zero-order chi connectivity index (χ0) is 26.3. The van der Waals surface area contributed by atoms with Crippen molar-refractivity contribution in [2.75, 3.05) is 13.1 Å². The predicted molar refractivity (Wildman–Crippen MR) is 126 cm³/mol. The van der Waals surface area contributed by atoms with E-state index in [0.29, 0.717) is 41.2 Å². The van der Waals surface area contributed by atoms with Crippen LogP contribution in [-0.2, 0) is 6.42 Å². The molecule has 0 bridgehead atoms. The molecule has 1 fully saturated rings. The third-order valence-corrected chi connectivity index (χ3v) is 6.37. The number of nitrogens with zero attached hydrogens (tertiary/aromatic N) is 7. The van der Waals surface area contributed by atoms with Gasteiger partial charge in [-0.3, -0.25) is 0 Å². The monoisotopic (exact) mass is 509 g/mol. The number of likely N-dealkylation sites (tertiary alicyclic amines) is 1. The number of hydrogen-bond acceptors (Lipinski definition) is 6. The van der Waals surface area contributed by atoms with Crippen LogP contribution >= 0.6 is 0 Å². The number of amides is 2. The maximum Gasteiger partial charge on any atom is 0.341 e. The van der Waals surface area contributed by atoms with Gasteiger partial charge in [0.1, 0.15) is 23.8 Å². The normalized spacial score (nSPS) is 17.1. The number of hydrazone groups is 1. The first-order valence-corrected chi connectivity index (χ1v) is 11.7. The minimum Gasteiger partial charge on any atom is -0.483 e. The standard InChI is InChI=1S/C25H22F3N7O2/c1-3-21-19(10-29)14(2)34(32-21)24-9-23(20(28)11-30-24)37-18-12-33(13-18)25(36)35-22(4-5-31-35)15-6-16(26)8-17(27)7-15/h5-9,11,18,22H,3-4,12-13H2,1-2H3. The Balaban J connectivity index is 1.26. The molecule has 1 saturated heterocycles. The quantitative estimate of drug-likeness (QED) is 0.517. The minimum absolute atomic E-state index is 0.0548. The second-order valence-corrected chi connectivity index (χ2v) is 8.78. The van der Waals surface area contributed by atoms with Gasteiger partial charge in [0.25, 0.3) is 0 Å². The van der Waals surface area contributed by atoms with Crippen LogP contribution in [0.2, 0.25) is 0 Å². The molecule has 37 heavy (non-hydrogen) atoms. The Morgan fingerprint density at radius 3 is 2.57 bits per heavy atom. The van der Waals surface area contributed by atoms with Crippen molar-refractivity contribution in [2.45, 2.75) is 38.8 Å². The van der Waals surface area contributed by atoms with Gasteiger partial charge in [0, 0.05) is 24.8 Å². The van der Waals surface area contributed by atoms with Gasteiger partial charge < -0.3 is 9.64 Å². The average molecular weight is 509 g/mol. The lowest BCUT2D eigenvalue weighted by Gasteiger charge is -2.41. The van der Waals surface area contributed by atoms with Crippen molar-refractivity contribution >= 4 is 12.2 Å². The first-order valence-electron chi connectivity index (χ1n) is 11.7. The van der Waals surface area contributed by atoms with Crippen molar-refractivity contribution in [1.82, 2.24) is 24.7 Å². The molecule has 5 rings (SSSR count). The topological polar surface area (TPSA) is 99.6 Å². The molecule has 0 saturated carbocycles. The Morgan fingerprint density at radius 1 is 1.19 bits per heavy atom. The number of aromatic nitrogens is 3. The molecule has 1 unspecified atom stereocenters. The number of urea groups is 1. The summed E-state index contributed by atoms with van der Waals surface area (Å²) in [6.45, 7) is 3.96. The molecule has 3 aromatic rings. The molecule has 190 valence electrons. The van der Waals surface area contributed by atoms with Gasteiger partial charge in [-0.2, -0.15) is 15.5 Å². The van der Waals surface area contributed by atoms with Crippen molar-refractivity contribution in [3.05, 3.63) is 70.4 Å². The maximum atomic E-state index is 14.5. The summed E-state index contributed by atoms with van der Waals surface area (Å²) in [5, 5.41) is 19.1. The summed E-state index contributed by atoms with van der Waals surface area (Å²) in [5.41, 5.74) is 1.96. The number of pyridine rings is 1. The van der Waals surface area contributed by atoms with Gasteiger partial charge in [-0.05, 0) is 31.0 Å². The summed E-state index contributed by atoms with van der Waals surface area (Å²) in [4.78, 5) is 18.5. The summed E-state index contributed by atoms with van der Waals surface area (Å²) >= 11 is 0. The summed E-state index contributed by atoms with van der Waals surface area (Å²) in [5.74, 6) is -1.89. The molecular weight excluding hydrogens is 487 g/mol. The molecule has 4 heterocycles. The SMILES string of the molecule is CCc1nn(-c2cc(OC3CN(C(=O)N4N=CCC4c4cc(F)cc(F)c4)C3)c(F)cn2)c(C)c1C#N. The lowest BCUT2D eigenvalue weighted by atomic mass is 10.0. The van der Waals surface area contributed by atoms with Crippen LogP contribution in [0.15, 0.2) is 35.6 Å². The highest BCUT2D eigenvalue weighted by Crippen LogP contribution is 2.32. The van der Waals surface area contributed by atoms with Crippen molar-refractivity contribution in [1.29, 1.82) is 5.26 Å². The van der Waals surface area contributed by atoms with Crippen LogP contribution in [0, 0.1) is 35.7 Å². The molecule has 9 nitrogen and oxygen atoms in total. The number of hydrogen-bond donors (Lipinski definition) is 0. The number of nitriles is 1. The number of rotatable bonds is 5. The molecule has 1 atom stereocenters. The van der Waals surface area contributed by atoms with E-state index in [-0.39, 0.29) is 18.8 Å². The molecular formula is C25H22F3N7O2. The zero-order valence-corrected chi connectivity index (χ0v) is 20.0. The largest absolute Gasteiger partial charge is 0.483 e. The second kappa shape index (κ2) is 9.57. The third-order valence-electron chi connectivity index (χ3n) is 6.37.